The quantitative estimate of drug-likeness (QED) is 0.576. The molecule has 2 atom stereocenters. The fourth-order valence-corrected chi connectivity index (χ4v) is 5.81. The molecule has 160 valence electrons. The molecule has 1 aliphatic carbocycles. The van der Waals surface area contributed by atoms with Gasteiger partial charge in [0.05, 0.1) is 29.7 Å². The van der Waals surface area contributed by atoms with Crippen LogP contribution in [-0.4, -0.2) is 30.6 Å². The molecule has 5 rings (SSSR count). The van der Waals surface area contributed by atoms with Crippen molar-refractivity contribution in [1.29, 1.82) is 0 Å². The van der Waals surface area contributed by atoms with Gasteiger partial charge in [0.15, 0.2) is 5.11 Å². The molecule has 2 fully saturated rings. The maximum absolute atomic E-state index is 5.92. The van der Waals surface area contributed by atoms with Crippen molar-refractivity contribution in [3.05, 3.63) is 77.6 Å². The highest BCUT2D eigenvalue weighted by Gasteiger charge is 2.44. The van der Waals surface area contributed by atoms with E-state index in [1.807, 2.05) is 30.7 Å². The van der Waals surface area contributed by atoms with Gasteiger partial charge < -0.3 is 14.8 Å². The molecule has 0 radical (unpaired) electrons. The summed E-state index contributed by atoms with van der Waals surface area (Å²) in [6.07, 6.45) is 11.9. The summed E-state index contributed by atoms with van der Waals surface area (Å²) >= 11 is 5.92. The number of nitrogens with one attached hydrogen (secondary N) is 1. The summed E-state index contributed by atoms with van der Waals surface area (Å²) in [7, 11) is 0. The van der Waals surface area contributed by atoms with Gasteiger partial charge in [-0.25, -0.2) is 0 Å². The standard InChI is InChI=1S/C25H29N5S/c1-17-15-21(18(2)29(17)20-11-8-13-26-16-20)24-23(22-12-6-7-14-27-22)28-25(31)30(24)19-9-4-3-5-10-19/h6-8,11-16,19,23-24H,3-5,9-10H2,1-2H3,(H,28,31)/t23-,24+/m1/s1. The number of rotatable bonds is 4. The molecule has 1 aliphatic heterocycles. The smallest absolute Gasteiger partial charge is 0.170 e. The second kappa shape index (κ2) is 8.42. The van der Waals surface area contributed by atoms with Gasteiger partial charge >= 0.3 is 0 Å². The molecule has 31 heavy (non-hydrogen) atoms. The van der Waals surface area contributed by atoms with Crippen LogP contribution in [0.1, 0.15) is 66.8 Å². The summed E-state index contributed by atoms with van der Waals surface area (Å²) in [5.74, 6) is 0. The maximum atomic E-state index is 5.92. The van der Waals surface area contributed by atoms with Crippen LogP contribution < -0.4 is 5.32 Å². The number of aryl methyl sites for hydroxylation is 1. The Morgan fingerprint density at radius 3 is 2.58 bits per heavy atom. The van der Waals surface area contributed by atoms with Crippen LogP contribution in [0.2, 0.25) is 0 Å². The SMILES string of the molecule is Cc1cc([C@H]2[C@@H](c3ccccn3)NC(=S)N2C2CCCCC2)c(C)n1-c1cccnc1. The lowest BCUT2D eigenvalue weighted by Crippen LogP contribution is -2.40. The summed E-state index contributed by atoms with van der Waals surface area (Å²) < 4.78 is 2.30. The molecule has 1 saturated carbocycles. The van der Waals surface area contributed by atoms with Crippen molar-refractivity contribution in [2.75, 3.05) is 0 Å². The summed E-state index contributed by atoms with van der Waals surface area (Å²) in [4.78, 5) is 11.5. The second-order valence-electron chi connectivity index (χ2n) is 8.70. The molecule has 0 spiro atoms. The minimum Gasteiger partial charge on any atom is -0.352 e. The van der Waals surface area contributed by atoms with Crippen molar-refractivity contribution in [3.8, 4) is 5.69 Å². The Hall–Kier alpha value is -2.73. The van der Waals surface area contributed by atoms with E-state index in [0.29, 0.717) is 6.04 Å². The Morgan fingerprint density at radius 2 is 1.87 bits per heavy atom. The molecule has 1 saturated heterocycles. The van der Waals surface area contributed by atoms with Gasteiger partial charge in [-0.2, -0.15) is 0 Å². The topological polar surface area (TPSA) is 46.0 Å². The predicted octanol–water partition coefficient (Wildman–Crippen LogP) is 5.19. The Balaban J connectivity index is 1.62. The molecule has 1 N–H and O–H groups in total. The number of aromatic nitrogens is 3. The third-order valence-electron chi connectivity index (χ3n) is 6.80. The highest BCUT2D eigenvalue weighted by molar-refractivity contribution is 7.80. The van der Waals surface area contributed by atoms with Crippen LogP contribution in [-0.2, 0) is 0 Å². The third kappa shape index (κ3) is 3.63. The summed E-state index contributed by atoms with van der Waals surface area (Å²) in [6, 6.07) is 13.2. The first-order valence-electron chi connectivity index (χ1n) is 11.2. The number of pyridine rings is 2. The summed E-state index contributed by atoms with van der Waals surface area (Å²) in [5.41, 5.74) is 5.90. The largest absolute Gasteiger partial charge is 0.352 e. The lowest BCUT2D eigenvalue weighted by molar-refractivity contribution is 0.197. The van der Waals surface area contributed by atoms with Crippen molar-refractivity contribution in [2.45, 2.75) is 64.1 Å². The molecule has 0 aromatic carbocycles. The van der Waals surface area contributed by atoms with Gasteiger partial charge in [-0.15, -0.1) is 0 Å². The normalized spacial score (nSPS) is 22.0. The van der Waals surface area contributed by atoms with Gasteiger partial charge in [0, 0.05) is 29.8 Å². The fourth-order valence-electron chi connectivity index (χ4n) is 5.42. The molecule has 3 aromatic heterocycles. The first kappa shape index (κ1) is 20.2. The van der Waals surface area contributed by atoms with Crippen molar-refractivity contribution in [2.24, 2.45) is 0 Å². The van der Waals surface area contributed by atoms with E-state index < -0.39 is 0 Å². The van der Waals surface area contributed by atoms with Gasteiger partial charge in [-0.05, 0) is 74.8 Å². The second-order valence-corrected chi connectivity index (χ2v) is 9.09. The van der Waals surface area contributed by atoms with Crippen molar-refractivity contribution in [3.63, 3.8) is 0 Å². The highest BCUT2D eigenvalue weighted by Crippen LogP contribution is 2.44. The van der Waals surface area contributed by atoms with E-state index in [9.17, 15) is 0 Å². The highest BCUT2D eigenvalue weighted by atomic mass is 32.1. The Bertz CT molecular complexity index is 1060. The molecule has 6 heteroatoms. The van der Waals surface area contributed by atoms with Crippen LogP contribution in [0, 0.1) is 13.8 Å². The molecule has 2 aliphatic rings. The van der Waals surface area contributed by atoms with Crippen LogP contribution in [0.4, 0.5) is 0 Å². The zero-order valence-corrected chi connectivity index (χ0v) is 19.0. The molecule has 4 heterocycles. The van der Waals surface area contributed by atoms with Gasteiger partial charge in [0.1, 0.15) is 0 Å². The van der Waals surface area contributed by atoms with Crippen LogP contribution in [0.15, 0.2) is 55.0 Å². The molecule has 0 amide bonds. The van der Waals surface area contributed by atoms with E-state index in [1.165, 1.54) is 49.1 Å². The summed E-state index contributed by atoms with van der Waals surface area (Å²) in [5, 5.41) is 4.50. The maximum Gasteiger partial charge on any atom is 0.170 e. The number of hydrogen-bond donors (Lipinski definition) is 1. The van der Waals surface area contributed by atoms with E-state index in [1.54, 1.807) is 0 Å². The van der Waals surface area contributed by atoms with Crippen LogP contribution in [0.5, 0.6) is 0 Å². The Kier molecular flexibility index (Phi) is 5.48. The predicted molar refractivity (Wildman–Crippen MR) is 127 cm³/mol. The monoisotopic (exact) mass is 431 g/mol. The van der Waals surface area contributed by atoms with Crippen LogP contribution in [0.3, 0.4) is 0 Å². The lowest BCUT2D eigenvalue weighted by atomic mass is 9.90. The average molecular weight is 432 g/mol. The van der Waals surface area contributed by atoms with E-state index in [2.05, 4.69) is 57.9 Å². The van der Waals surface area contributed by atoms with Crippen LogP contribution in [0.25, 0.3) is 5.69 Å². The van der Waals surface area contributed by atoms with Crippen molar-refractivity contribution >= 4 is 17.3 Å². The number of nitrogens with zero attached hydrogens (tertiary/aromatic N) is 4. The number of thiocarbonyl (C=S) groups is 1. The number of hydrogen-bond acceptors (Lipinski definition) is 3. The first-order valence-corrected chi connectivity index (χ1v) is 11.6. The van der Waals surface area contributed by atoms with Crippen molar-refractivity contribution < 1.29 is 0 Å². The molecular formula is C25H29N5S. The zero-order chi connectivity index (χ0) is 21.4. The molecule has 5 nitrogen and oxygen atoms in total. The van der Waals surface area contributed by atoms with E-state index in [4.69, 9.17) is 17.2 Å². The Labute approximate surface area is 189 Å². The minimum absolute atomic E-state index is 0.0403. The van der Waals surface area contributed by atoms with E-state index in [0.717, 1.165) is 16.5 Å². The molecule has 3 aromatic rings. The fraction of sp³-hybridized carbons (Fsp3) is 0.400. The molecule has 0 unspecified atom stereocenters. The Morgan fingerprint density at radius 1 is 1.03 bits per heavy atom. The van der Waals surface area contributed by atoms with E-state index in [-0.39, 0.29) is 12.1 Å². The third-order valence-corrected chi connectivity index (χ3v) is 7.13. The molecule has 0 bridgehead atoms. The van der Waals surface area contributed by atoms with Gasteiger partial charge in [0.2, 0.25) is 0 Å². The first-order chi connectivity index (χ1) is 15.1. The van der Waals surface area contributed by atoms with Crippen LogP contribution >= 0.6 is 12.2 Å². The van der Waals surface area contributed by atoms with E-state index >= 15 is 0 Å². The minimum atomic E-state index is 0.0403. The summed E-state index contributed by atoms with van der Waals surface area (Å²) in [6.45, 7) is 4.39. The average Bonchev–Trinajstić information content (AvgIpc) is 3.30. The van der Waals surface area contributed by atoms with Gasteiger partial charge in [0.25, 0.3) is 0 Å². The van der Waals surface area contributed by atoms with Gasteiger partial charge in [-0.3, -0.25) is 9.97 Å². The molecular weight excluding hydrogens is 402 g/mol. The van der Waals surface area contributed by atoms with Crippen molar-refractivity contribution in [1.82, 2.24) is 24.8 Å². The lowest BCUT2D eigenvalue weighted by Gasteiger charge is -2.37. The van der Waals surface area contributed by atoms with Gasteiger partial charge in [-0.1, -0.05) is 25.3 Å². The zero-order valence-electron chi connectivity index (χ0n) is 18.2.